The van der Waals surface area contributed by atoms with E-state index in [2.05, 4.69) is 26.9 Å². The Kier molecular flexibility index (Phi) is 5.99. The molecule has 0 aliphatic carbocycles. The number of carbonyl (C=O) groups is 1. The van der Waals surface area contributed by atoms with Gasteiger partial charge in [-0.2, -0.15) is 13.2 Å². The molecule has 11 heteroatoms. The zero-order valence-corrected chi connectivity index (χ0v) is 16.8. The van der Waals surface area contributed by atoms with Gasteiger partial charge in [0.05, 0.1) is 36.7 Å². The fourth-order valence-corrected chi connectivity index (χ4v) is 3.46. The Labute approximate surface area is 181 Å². The van der Waals surface area contributed by atoms with Crippen molar-refractivity contribution in [1.82, 2.24) is 29.9 Å². The molecule has 166 valence electrons. The van der Waals surface area contributed by atoms with Gasteiger partial charge in [0.25, 0.3) is 0 Å². The van der Waals surface area contributed by atoms with Crippen LogP contribution in [0.1, 0.15) is 17.2 Å². The number of aromatic nitrogens is 5. The largest absolute Gasteiger partial charge is 0.416 e. The minimum absolute atomic E-state index is 0.0845. The zero-order chi connectivity index (χ0) is 22.7. The minimum Gasteiger partial charge on any atom is -0.369 e. The van der Waals surface area contributed by atoms with Crippen LogP contribution < -0.4 is 0 Å². The lowest BCUT2D eigenvalue weighted by Gasteiger charge is -2.18. The van der Waals surface area contributed by atoms with Gasteiger partial charge in [-0.05, 0) is 23.8 Å². The first-order valence-corrected chi connectivity index (χ1v) is 9.72. The quantitative estimate of drug-likeness (QED) is 0.544. The van der Waals surface area contributed by atoms with Gasteiger partial charge in [-0.1, -0.05) is 23.9 Å². The lowest BCUT2D eigenvalue weighted by molar-refractivity contribution is -0.137. The summed E-state index contributed by atoms with van der Waals surface area (Å²) in [6.45, 7) is 4.22. The third-order valence-corrected chi connectivity index (χ3v) is 5.14. The van der Waals surface area contributed by atoms with Crippen molar-refractivity contribution in [1.29, 1.82) is 0 Å². The van der Waals surface area contributed by atoms with Crippen molar-refractivity contribution >= 4 is 5.91 Å². The summed E-state index contributed by atoms with van der Waals surface area (Å²) in [4.78, 5) is 21.9. The number of ether oxygens (including phenoxy) is 1. The number of hydrogen-bond acceptors (Lipinski definition) is 6. The number of amides is 1. The summed E-state index contributed by atoms with van der Waals surface area (Å²) in [5.74, 6) is -0.245. The molecule has 1 amide bonds. The molecule has 0 radical (unpaired) electrons. The summed E-state index contributed by atoms with van der Waals surface area (Å²) in [5.41, 5.74) is 0.942. The topological polar surface area (TPSA) is 86.0 Å². The third-order valence-electron chi connectivity index (χ3n) is 5.14. The molecular weight excluding hydrogens is 425 g/mol. The highest BCUT2D eigenvalue weighted by Crippen LogP contribution is 2.30. The third kappa shape index (κ3) is 4.67. The SMILES string of the molecule is C=CC(=O)N1CC(OCc2ccc(C(F)(F)F)cc2)C(n2cc(-c3cnccn3)nn2)C1. The van der Waals surface area contributed by atoms with Gasteiger partial charge < -0.3 is 9.64 Å². The molecule has 0 bridgehead atoms. The van der Waals surface area contributed by atoms with Crippen molar-refractivity contribution in [3.05, 3.63) is 72.8 Å². The lowest BCUT2D eigenvalue weighted by Crippen LogP contribution is -2.28. The van der Waals surface area contributed by atoms with Gasteiger partial charge in [0.1, 0.15) is 11.4 Å². The summed E-state index contributed by atoms with van der Waals surface area (Å²) in [6, 6.07) is 4.44. The van der Waals surface area contributed by atoms with E-state index in [0.29, 0.717) is 23.5 Å². The Morgan fingerprint density at radius 3 is 2.62 bits per heavy atom. The van der Waals surface area contributed by atoms with Gasteiger partial charge in [-0.25, -0.2) is 4.68 Å². The molecule has 1 aliphatic heterocycles. The molecule has 1 aromatic carbocycles. The van der Waals surface area contributed by atoms with Crippen molar-refractivity contribution in [2.45, 2.75) is 24.9 Å². The van der Waals surface area contributed by atoms with Crippen molar-refractivity contribution in [3.8, 4) is 11.4 Å². The van der Waals surface area contributed by atoms with Crippen LogP contribution in [0, 0.1) is 0 Å². The fraction of sp³-hybridized carbons (Fsp3) is 0.286. The predicted molar refractivity (Wildman–Crippen MR) is 107 cm³/mol. The second kappa shape index (κ2) is 8.87. The molecule has 2 unspecified atom stereocenters. The van der Waals surface area contributed by atoms with Crippen LogP contribution in [0.5, 0.6) is 0 Å². The summed E-state index contributed by atoms with van der Waals surface area (Å²) in [6.07, 6.45) is 2.74. The van der Waals surface area contributed by atoms with Crippen LogP contribution in [0.3, 0.4) is 0 Å². The summed E-state index contributed by atoms with van der Waals surface area (Å²) in [7, 11) is 0. The molecule has 0 N–H and O–H groups in total. The van der Waals surface area contributed by atoms with Gasteiger partial charge >= 0.3 is 6.18 Å². The lowest BCUT2D eigenvalue weighted by atomic mass is 10.1. The van der Waals surface area contributed by atoms with E-state index in [4.69, 9.17) is 4.74 Å². The number of halogens is 3. The first kappa shape index (κ1) is 21.6. The molecule has 0 spiro atoms. The van der Waals surface area contributed by atoms with Crippen molar-refractivity contribution < 1.29 is 22.7 Å². The smallest absolute Gasteiger partial charge is 0.369 e. The number of rotatable bonds is 6. The predicted octanol–water partition coefficient (Wildman–Crippen LogP) is 2.91. The maximum absolute atomic E-state index is 12.8. The molecule has 32 heavy (non-hydrogen) atoms. The Bertz CT molecular complexity index is 1080. The van der Waals surface area contributed by atoms with Crippen LogP contribution in [-0.4, -0.2) is 55.0 Å². The number of hydrogen-bond donors (Lipinski definition) is 0. The van der Waals surface area contributed by atoms with E-state index in [1.54, 1.807) is 34.4 Å². The van der Waals surface area contributed by atoms with E-state index >= 15 is 0 Å². The molecular formula is C21H19F3N6O2. The van der Waals surface area contributed by atoms with Crippen molar-refractivity contribution in [3.63, 3.8) is 0 Å². The van der Waals surface area contributed by atoms with Gasteiger partial charge in [0.15, 0.2) is 0 Å². The van der Waals surface area contributed by atoms with Crippen LogP contribution in [-0.2, 0) is 22.3 Å². The molecule has 2 atom stereocenters. The summed E-state index contributed by atoms with van der Waals surface area (Å²) in [5, 5.41) is 8.30. The molecule has 3 aromatic rings. The van der Waals surface area contributed by atoms with Crippen molar-refractivity contribution in [2.75, 3.05) is 13.1 Å². The van der Waals surface area contributed by atoms with Crippen LogP contribution in [0.15, 0.2) is 61.7 Å². The van der Waals surface area contributed by atoms with Crippen LogP contribution >= 0.6 is 0 Å². The molecule has 3 heterocycles. The molecule has 1 fully saturated rings. The van der Waals surface area contributed by atoms with E-state index in [-0.39, 0.29) is 25.1 Å². The maximum Gasteiger partial charge on any atom is 0.416 e. The first-order chi connectivity index (χ1) is 15.3. The summed E-state index contributed by atoms with van der Waals surface area (Å²) >= 11 is 0. The zero-order valence-electron chi connectivity index (χ0n) is 16.8. The number of likely N-dealkylation sites (tertiary alicyclic amines) is 1. The Morgan fingerprint density at radius 2 is 1.97 bits per heavy atom. The van der Waals surface area contributed by atoms with Gasteiger partial charge in [0.2, 0.25) is 5.91 Å². The minimum atomic E-state index is -4.39. The number of benzene rings is 1. The number of carbonyl (C=O) groups excluding carboxylic acids is 1. The second-order valence-electron chi connectivity index (χ2n) is 7.23. The highest BCUT2D eigenvalue weighted by Gasteiger charge is 2.37. The molecule has 0 saturated carbocycles. The highest BCUT2D eigenvalue weighted by molar-refractivity contribution is 5.87. The van der Waals surface area contributed by atoms with Crippen LogP contribution in [0.25, 0.3) is 11.4 Å². The Balaban J connectivity index is 1.50. The number of alkyl halides is 3. The maximum atomic E-state index is 12.8. The number of nitrogens with zero attached hydrogens (tertiary/aromatic N) is 6. The standard InChI is InChI=1S/C21H19F3N6O2/c1-2-20(31)29-11-18(30-10-17(27-28-30)16-9-25-7-8-26-16)19(12-29)32-13-14-3-5-15(6-4-14)21(22,23)24/h2-10,18-19H,1,11-13H2. The fourth-order valence-electron chi connectivity index (χ4n) is 3.46. The van der Waals surface area contributed by atoms with E-state index in [9.17, 15) is 18.0 Å². The van der Waals surface area contributed by atoms with E-state index < -0.39 is 17.8 Å². The molecule has 1 aliphatic rings. The Morgan fingerprint density at radius 1 is 1.19 bits per heavy atom. The molecule has 1 saturated heterocycles. The average molecular weight is 444 g/mol. The normalized spacial score (nSPS) is 18.7. The average Bonchev–Trinajstić information content (AvgIpc) is 3.45. The van der Waals surface area contributed by atoms with E-state index in [1.165, 1.54) is 18.2 Å². The second-order valence-corrected chi connectivity index (χ2v) is 7.23. The van der Waals surface area contributed by atoms with Crippen molar-refractivity contribution in [2.24, 2.45) is 0 Å². The van der Waals surface area contributed by atoms with Gasteiger partial charge in [0, 0.05) is 25.5 Å². The van der Waals surface area contributed by atoms with E-state index in [1.807, 2.05) is 0 Å². The molecule has 8 nitrogen and oxygen atoms in total. The van der Waals surface area contributed by atoms with Crippen LogP contribution in [0.2, 0.25) is 0 Å². The van der Waals surface area contributed by atoms with E-state index in [0.717, 1.165) is 12.1 Å². The van der Waals surface area contributed by atoms with Gasteiger partial charge in [-0.15, -0.1) is 5.10 Å². The Hall–Kier alpha value is -3.60. The molecule has 4 rings (SSSR count). The highest BCUT2D eigenvalue weighted by atomic mass is 19.4. The monoisotopic (exact) mass is 444 g/mol. The van der Waals surface area contributed by atoms with Gasteiger partial charge in [-0.3, -0.25) is 14.8 Å². The summed E-state index contributed by atoms with van der Waals surface area (Å²) < 4.78 is 45.9. The van der Waals surface area contributed by atoms with Crippen LogP contribution in [0.4, 0.5) is 13.2 Å². The molecule has 2 aromatic heterocycles. The first-order valence-electron chi connectivity index (χ1n) is 9.72.